The predicted molar refractivity (Wildman–Crippen MR) is 112 cm³/mol. The smallest absolute Gasteiger partial charge is 0.195 e. The monoisotopic (exact) mass is 370 g/mol. The van der Waals surface area contributed by atoms with Gasteiger partial charge in [-0.15, -0.1) is 0 Å². The number of hydrogen-bond acceptors (Lipinski definition) is 4. The van der Waals surface area contributed by atoms with Crippen LogP contribution in [-0.4, -0.2) is 52.3 Å². The maximum atomic E-state index is 5.34. The summed E-state index contributed by atoms with van der Waals surface area (Å²) in [5.41, 5.74) is 2.22. The van der Waals surface area contributed by atoms with E-state index in [2.05, 4.69) is 51.8 Å². The van der Waals surface area contributed by atoms with Gasteiger partial charge >= 0.3 is 0 Å². The molecular formula is C21H30N4O2. The third kappa shape index (κ3) is 6.83. The highest BCUT2D eigenvalue weighted by Gasteiger charge is 2.06. The van der Waals surface area contributed by atoms with E-state index < -0.39 is 0 Å². The lowest BCUT2D eigenvalue weighted by Crippen LogP contribution is -2.33. The van der Waals surface area contributed by atoms with E-state index in [-0.39, 0.29) is 0 Å². The normalized spacial score (nSPS) is 11.4. The fourth-order valence-corrected chi connectivity index (χ4v) is 2.76. The van der Waals surface area contributed by atoms with Gasteiger partial charge in [-0.2, -0.15) is 0 Å². The maximum Gasteiger partial charge on any atom is 0.195 e. The van der Waals surface area contributed by atoms with E-state index in [4.69, 9.17) is 9.47 Å². The number of rotatable bonds is 9. The Hall–Kier alpha value is -2.73. The second-order valence-electron chi connectivity index (χ2n) is 6.27. The van der Waals surface area contributed by atoms with E-state index in [1.54, 1.807) is 21.3 Å². The summed E-state index contributed by atoms with van der Waals surface area (Å²) in [6.45, 7) is 2.81. The number of hydrogen-bond donors (Lipinski definition) is 2. The molecule has 0 saturated carbocycles. The highest BCUT2D eigenvalue weighted by molar-refractivity contribution is 5.93. The van der Waals surface area contributed by atoms with Gasteiger partial charge in [0.05, 0.1) is 14.2 Å². The van der Waals surface area contributed by atoms with Crippen LogP contribution in [0.2, 0.25) is 0 Å². The Morgan fingerprint density at radius 3 is 2.44 bits per heavy atom. The van der Waals surface area contributed by atoms with Gasteiger partial charge in [0, 0.05) is 31.9 Å². The fraction of sp³-hybridized carbons (Fsp3) is 0.381. The summed E-state index contributed by atoms with van der Waals surface area (Å²) in [5, 5.41) is 6.62. The van der Waals surface area contributed by atoms with Crippen molar-refractivity contribution >= 4 is 11.6 Å². The van der Waals surface area contributed by atoms with Crippen LogP contribution in [0.25, 0.3) is 0 Å². The number of anilines is 1. The number of nitrogens with one attached hydrogen (secondary N) is 2. The largest absolute Gasteiger partial charge is 0.493 e. The minimum atomic E-state index is 0.681. The summed E-state index contributed by atoms with van der Waals surface area (Å²) in [7, 11) is 7.15. The average molecular weight is 370 g/mol. The minimum absolute atomic E-state index is 0.681. The fourth-order valence-electron chi connectivity index (χ4n) is 2.76. The number of nitrogens with zero attached hydrogens (tertiary/aromatic N) is 2. The van der Waals surface area contributed by atoms with Crippen LogP contribution in [0.4, 0.5) is 5.69 Å². The molecule has 6 heteroatoms. The molecule has 0 unspecified atom stereocenters. The summed E-state index contributed by atoms with van der Waals surface area (Å²) in [6.07, 6.45) is 1.02. The third-order valence-corrected chi connectivity index (χ3v) is 4.17. The molecule has 0 bridgehead atoms. The minimum Gasteiger partial charge on any atom is -0.493 e. The second-order valence-corrected chi connectivity index (χ2v) is 6.27. The van der Waals surface area contributed by atoms with Crippen LogP contribution in [0.3, 0.4) is 0 Å². The zero-order valence-electron chi connectivity index (χ0n) is 16.7. The van der Waals surface area contributed by atoms with Crippen LogP contribution in [0.5, 0.6) is 11.5 Å². The summed E-state index contributed by atoms with van der Waals surface area (Å²) < 4.78 is 10.6. The molecule has 6 nitrogen and oxygen atoms in total. The van der Waals surface area contributed by atoms with Crippen molar-refractivity contribution in [1.82, 2.24) is 10.2 Å². The zero-order chi connectivity index (χ0) is 19.5. The molecule has 0 saturated heterocycles. The first-order valence-corrected chi connectivity index (χ1v) is 9.08. The van der Waals surface area contributed by atoms with E-state index in [0.29, 0.717) is 11.5 Å². The Labute approximate surface area is 162 Å². The first-order valence-electron chi connectivity index (χ1n) is 9.08. The number of aliphatic imine (C=N–C) groups is 1. The van der Waals surface area contributed by atoms with Crippen molar-refractivity contribution in [1.29, 1.82) is 0 Å². The molecule has 2 N–H and O–H groups in total. The molecule has 2 rings (SSSR count). The van der Waals surface area contributed by atoms with E-state index in [1.807, 2.05) is 24.3 Å². The van der Waals surface area contributed by atoms with Crippen LogP contribution in [0.15, 0.2) is 53.5 Å². The summed E-state index contributed by atoms with van der Waals surface area (Å²) in [4.78, 5) is 6.60. The van der Waals surface area contributed by atoms with E-state index in [1.165, 1.54) is 5.56 Å². The van der Waals surface area contributed by atoms with Gasteiger partial charge in [-0.3, -0.25) is 4.99 Å². The topological polar surface area (TPSA) is 58.1 Å². The molecule has 0 aliphatic heterocycles. The lowest BCUT2D eigenvalue weighted by molar-refractivity contribution is 0.322. The van der Waals surface area contributed by atoms with Gasteiger partial charge in [0.25, 0.3) is 0 Å². The van der Waals surface area contributed by atoms with Crippen LogP contribution in [0, 0.1) is 0 Å². The van der Waals surface area contributed by atoms with Crippen LogP contribution in [-0.2, 0) is 6.54 Å². The lowest BCUT2D eigenvalue weighted by atomic mass is 10.2. The highest BCUT2D eigenvalue weighted by Crippen LogP contribution is 2.29. The Balaban J connectivity index is 1.75. The van der Waals surface area contributed by atoms with Crippen LogP contribution in [0.1, 0.15) is 12.0 Å². The molecule has 0 spiro atoms. The highest BCUT2D eigenvalue weighted by atomic mass is 16.5. The van der Waals surface area contributed by atoms with Crippen molar-refractivity contribution in [3.8, 4) is 11.5 Å². The SMILES string of the molecule is CN=C(NCCCN(C)Cc1ccccc1)Nc1ccc(OC)c(OC)c1. The quantitative estimate of drug-likeness (QED) is 0.403. The Morgan fingerprint density at radius 1 is 1.04 bits per heavy atom. The molecule has 0 aliphatic carbocycles. The van der Waals surface area contributed by atoms with Gasteiger partial charge in [0.1, 0.15) is 0 Å². The van der Waals surface area contributed by atoms with Crippen molar-refractivity contribution in [3.63, 3.8) is 0 Å². The van der Waals surface area contributed by atoms with E-state index in [9.17, 15) is 0 Å². The summed E-state index contributed by atoms with van der Waals surface area (Å²) in [6, 6.07) is 16.2. The summed E-state index contributed by atoms with van der Waals surface area (Å²) in [5.74, 6) is 2.11. The van der Waals surface area contributed by atoms with Gasteiger partial charge in [-0.25, -0.2) is 0 Å². The molecule has 27 heavy (non-hydrogen) atoms. The maximum absolute atomic E-state index is 5.34. The first-order chi connectivity index (χ1) is 13.2. The molecule has 146 valence electrons. The van der Waals surface area contributed by atoms with Gasteiger partial charge in [-0.1, -0.05) is 30.3 Å². The molecule has 0 atom stereocenters. The van der Waals surface area contributed by atoms with Gasteiger partial charge < -0.3 is 25.0 Å². The number of guanidine groups is 1. The van der Waals surface area contributed by atoms with Gasteiger partial charge in [0.2, 0.25) is 0 Å². The molecule has 0 aromatic heterocycles. The second kappa shape index (κ2) is 11.1. The number of benzene rings is 2. The van der Waals surface area contributed by atoms with Crippen LogP contribution >= 0.6 is 0 Å². The zero-order valence-corrected chi connectivity index (χ0v) is 16.7. The Morgan fingerprint density at radius 2 is 1.78 bits per heavy atom. The average Bonchev–Trinajstić information content (AvgIpc) is 2.70. The molecule has 2 aromatic carbocycles. The van der Waals surface area contributed by atoms with Crippen molar-refractivity contribution in [2.24, 2.45) is 4.99 Å². The van der Waals surface area contributed by atoms with Gasteiger partial charge in [-0.05, 0) is 37.7 Å². The molecule has 0 radical (unpaired) electrons. The van der Waals surface area contributed by atoms with Crippen molar-refractivity contribution < 1.29 is 9.47 Å². The Kier molecular flexibility index (Phi) is 8.45. The van der Waals surface area contributed by atoms with Crippen LogP contribution < -0.4 is 20.1 Å². The molecular weight excluding hydrogens is 340 g/mol. The van der Waals surface area contributed by atoms with Crippen molar-refractivity contribution in [3.05, 3.63) is 54.1 Å². The molecule has 0 heterocycles. The molecule has 2 aromatic rings. The van der Waals surface area contributed by atoms with E-state index in [0.717, 1.165) is 37.7 Å². The van der Waals surface area contributed by atoms with Gasteiger partial charge in [0.15, 0.2) is 17.5 Å². The van der Waals surface area contributed by atoms with Crippen molar-refractivity contribution in [2.45, 2.75) is 13.0 Å². The number of methoxy groups -OCH3 is 2. The van der Waals surface area contributed by atoms with E-state index >= 15 is 0 Å². The standard InChI is InChI=1S/C21H30N4O2/c1-22-21(24-18-11-12-19(26-3)20(15-18)27-4)23-13-8-14-25(2)16-17-9-6-5-7-10-17/h5-7,9-12,15H,8,13-14,16H2,1-4H3,(H2,22,23,24). The van der Waals surface area contributed by atoms with Crippen molar-refractivity contribution in [2.75, 3.05) is 46.7 Å². The lowest BCUT2D eigenvalue weighted by Gasteiger charge is -2.18. The third-order valence-electron chi connectivity index (χ3n) is 4.17. The molecule has 0 aliphatic rings. The summed E-state index contributed by atoms with van der Waals surface area (Å²) >= 11 is 0. The molecule has 0 fully saturated rings. The first kappa shape index (κ1) is 20.6. The Bertz CT molecular complexity index is 719. The number of ether oxygens (including phenoxy) is 2. The molecule has 0 amide bonds. The predicted octanol–water partition coefficient (Wildman–Crippen LogP) is 3.21.